The number of aliphatic hydroxyl groups excluding tert-OH is 1. The number of esters is 1. The smallest absolute Gasteiger partial charge is 0.313 e. The number of aromatic nitrogens is 1. The van der Waals surface area contributed by atoms with Crippen molar-refractivity contribution in [3.8, 4) is 11.1 Å². The third kappa shape index (κ3) is 6.20. The Morgan fingerprint density at radius 1 is 1.09 bits per heavy atom. The molecule has 0 radical (unpaired) electrons. The average molecular weight is 466 g/mol. The number of ether oxygens (including phenoxy) is 1. The van der Waals surface area contributed by atoms with Crippen molar-refractivity contribution < 1.29 is 23.8 Å². The van der Waals surface area contributed by atoms with Crippen molar-refractivity contribution in [3.63, 3.8) is 0 Å². The lowest BCUT2D eigenvalue weighted by molar-refractivity contribution is -0.156. The molecule has 0 unspecified atom stereocenters. The topological polar surface area (TPSA) is 68.5 Å². The number of halogens is 1. The van der Waals surface area contributed by atoms with E-state index in [4.69, 9.17) is 4.74 Å². The van der Waals surface area contributed by atoms with E-state index in [2.05, 4.69) is 18.4 Å². The molecule has 0 aliphatic rings. The fourth-order valence-corrected chi connectivity index (χ4v) is 4.04. The van der Waals surface area contributed by atoms with E-state index in [1.54, 1.807) is 45.1 Å². The van der Waals surface area contributed by atoms with E-state index in [0.29, 0.717) is 0 Å². The number of Topliss-reactive ketones (excluding diaryl/α,β-unsaturated/α-hetero) is 1. The van der Waals surface area contributed by atoms with Crippen LogP contribution in [0.1, 0.15) is 59.2 Å². The Hall–Kier alpha value is -3.25. The van der Waals surface area contributed by atoms with E-state index >= 15 is 0 Å². The molecule has 1 heterocycles. The van der Waals surface area contributed by atoms with Gasteiger partial charge in [0.2, 0.25) is 0 Å². The highest BCUT2D eigenvalue weighted by Crippen LogP contribution is 2.38. The minimum atomic E-state index is -1.06. The van der Waals surface area contributed by atoms with Gasteiger partial charge in [-0.05, 0) is 64.5 Å². The van der Waals surface area contributed by atoms with Crippen molar-refractivity contribution >= 4 is 28.7 Å². The van der Waals surface area contributed by atoms with Crippen LogP contribution in [0.15, 0.2) is 54.6 Å². The zero-order valence-corrected chi connectivity index (χ0v) is 20.3. The zero-order valence-electron chi connectivity index (χ0n) is 20.3. The molecule has 0 fully saturated rings. The van der Waals surface area contributed by atoms with Gasteiger partial charge in [-0.1, -0.05) is 36.4 Å². The van der Waals surface area contributed by atoms with Crippen LogP contribution in [-0.4, -0.2) is 33.1 Å². The van der Waals surface area contributed by atoms with Crippen LogP contribution in [0.4, 0.5) is 4.39 Å². The zero-order chi connectivity index (χ0) is 25.0. The highest BCUT2D eigenvalue weighted by Gasteiger charge is 2.21. The normalized spacial score (nSPS) is 13.1. The molecule has 0 saturated heterocycles. The highest BCUT2D eigenvalue weighted by molar-refractivity contribution is 6.01. The first kappa shape index (κ1) is 25.4. The number of aliphatic hydroxyl groups is 1. The monoisotopic (exact) mass is 465 g/mol. The molecule has 0 aliphatic heterocycles. The number of hydrogen-bond donors (Lipinski definition) is 1. The summed E-state index contributed by atoms with van der Waals surface area (Å²) in [6.07, 6.45) is 1.73. The number of hydrogen-bond acceptors (Lipinski definition) is 4. The van der Waals surface area contributed by atoms with E-state index in [-0.39, 0.29) is 24.7 Å². The predicted octanol–water partition coefficient (Wildman–Crippen LogP) is 6.09. The van der Waals surface area contributed by atoms with Crippen LogP contribution in [0.5, 0.6) is 0 Å². The van der Waals surface area contributed by atoms with Gasteiger partial charge in [0.05, 0.1) is 6.10 Å². The first-order chi connectivity index (χ1) is 16.0. The Balaban J connectivity index is 1.92. The minimum absolute atomic E-state index is 0.115. The summed E-state index contributed by atoms with van der Waals surface area (Å²) < 4.78 is 20.9. The molecule has 0 bridgehead atoms. The first-order valence-corrected chi connectivity index (χ1v) is 11.4. The number of carbonyl (C=O) groups is 2. The number of ketones is 1. The third-order valence-electron chi connectivity index (χ3n) is 5.27. The molecule has 34 heavy (non-hydrogen) atoms. The van der Waals surface area contributed by atoms with E-state index in [1.165, 1.54) is 12.1 Å². The summed E-state index contributed by atoms with van der Waals surface area (Å²) >= 11 is 0. The molecule has 1 N–H and O–H groups in total. The van der Waals surface area contributed by atoms with Gasteiger partial charge in [0, 0.05) is 34.6 Å². The Kier molecular flexibility index (Phi) is 7.72. The van der Waals surface area contributed by atoms with Crippen molar-refractivity contribution in [2.75, 3.05) is 0 Å². The van der Waals surface area contributed by atoms with Gasteiger partial charge in [0.1, 0.15) is 23.6 Å². The van der Waals surface area contributed by atoms with Crippen molar-refractivity contribution in [2.45, 2.75) is 65.2 Å². The van der Waals surface area contributed by atoms with Crippen LogP contribution >= 0.6 is 0 Å². The number of benzene rings is 2. The fourth-order valence-electron chi connectivity index (χ4n) is 4.04. The molecule has 1 atom stereocenters. The highest BCUT2D eigenvalue weighted by atomic mass is 19.1. The van der Waals surface area contributed by atoms with Gasteiger partial charge in [-0.2, -0.15) is 0 Å². The molecule has 0 aliphatic carbocycles. The summed E-state index contributed by atoms with van der Waals surface area (Å²) in [5.41, 5.74) is 2.98. The van der Waals surface area contributed by atoms with Crippen LogP contribution in [0.3, 0.4) is 0 Å². The number of fused-ring (bicyclic) bond motifs is 1. The van der Waals surface area contributed by atoms with Crippen LogP contribution in [-0.2, 0) is 14.3 Å². The molecule has 0 saturated carbocycles. The Morgan fingerprint density at radius 3 is 2.35 bits per heavy atom. The lowest BCUT2D eigenvalue weighted by Gasteiger charge is -2.19. The second-order valence-corrected chi connectivity index (χ2v) is 9.68. The van der Waals surface area contributed by atoms with E-state index in [9.17, 15) is 19.1 Å². The average Bonchev–Trinajstić information content (AvgIpc) is 3.05. The summed E-state index contributed by atoms with van der Waals surface area (Å²) in [4.78, 5) is 24.2. The molecule has 6 heteroatoms. The molecule has 5 nitrogen and oxygen atoms in total. The Bertz CT molecular complexity index is 1200. The molecule has 2 aromatic carbocycles. The van der Waals surface area contributed by atoms with Gasteiger partial charge in [0.15, 0.2) is 0 Å². The molecular weight excluding hydrogens is 433 g/mol. The maximum absolute atomic E-state index is 13.6. The van der Waals surface area contributed by atoms with Gasteiger partial charge in [-0.3, -0.25) is 9.59 Å². The van der Waals surface area contributed by atoms with E-state index in [1.807, 2.05) is 24.3 Å². The largest absolute Gasteiger partial charge is 0.460 e. The number of carbonyl (C=O) groups excluding carboxylic acids is 2. The summed E-state index contributed by atoms with van der Waals surface area (Å²) in [6.45, 7) is 9.34. The summed E-state index contributed by atoms with van der Waals surface area (Å²) in [7, 11) is 0. The third-order valence-corrected chi connectivity index (χ3v) is 5.27. The van der Waals surface area contributed by atoms with Gasteiger partial charge in [0.25, 0.3) is 0 Å². The number of rotatable bonds is 8. The van der Waals surface area contributed by atoms with Gasteiger partial charge >= 0.3 is 5.97 Å². The lowest BCUT2D eigenvalue weighted by Crippen LogP contribution is -2.26. The van der Waals surface area contributed by atoms with E-state index in [0.717, 1.165) is 27.7 Å². The molecule has 180 valence electrons. The molecule has 3 rings (SSSR count). The molecule has 1 aromatic heterocycles. The molecule has 0 spiro atoms. The SMILES string of the molecule is CC(C)n1c(/C=C\[C@H](O)CC(=O)CC(=O)OC(C)(C)C)c(-c2ccc(F)cc2)c2ccccc21. The maximum Gasteiger partial charge on any atom is 0.313 e. The van der Waals surface area contributed by atoms with Crippen molar-refractivity contribution in [2.24, 2.45) is 0 Å². The molecule has 3 aromatic rings. The number of para-hydroxylation sites is 1. The molecular formula is C28H32FNO4. The Labute approximate surface area is 199 Å². The van der Waals surface area contributed by atoms with Crippen molar-refractivity contribution in [1.82, 2.24) is 4.57 Å². The first-order valence-electron chi connectivity index (χ1n) is 11.4. The van der Waals surface area contributed by atoms with Crippen LogP contribution in [0.2, 0.25) is 0 Å². The van der Waals surface area contributed by atoms with Crippen LogP contribution in [0.25, 0.3) is 28.1 Å². The second-order valence-electron chi connectivity index (χ2n) is 9.68. The fraction of sp³-hybridized carbons (Fsp3) is 0.357. The van der Waals surface area contributed by atoms with Gasteiger partial charge in [-0.15, -0.1) is 0 Å². The maximum atomic E-state index is 13.6. The van der Waals surface area contributed by atoms with Crippen molar-refractivity contribution in [3.05, 3.63) is 66.1 Å². The van der Waals surface area contributed by atoms with E-state index < -0.39 is 23.5 Å². The van der Waals surface area contributed by atoms with Crippen molar-refractivity contribution in [1.29, 1.82) is 0 Å². The van der Waals surface area contributed by atoms with Crippen LogP contribution in [0, 0.1) is 5.82 Å². The van der Waals surface area contributed by atoms with Crippen LogP contribution < -0.4 is 0 Å². The molecule has 0 amide bonds. The minimum Gasteiger partial charge on any atom is -0.460 e. The lowest BCUT2D eigenvalue weighted by atomic mass is 10.0. The van der Waals surface area contributed by atoms with Gasteiger partial charge in [-0.25, -0.2) is 4.39 Å². The second kappa shape index (κ2) is 10.3. The Morgan fingerprint density at radius 2 is 1.74 bits per heavy atom. The summed E-state index contributed by atoms with van der Waals surface area (Å²) in [5.74, 6) is -1.31. The van der Waals surface area contributed by atoms with Gasteiger partial charge < -0.3 is 14.4 Å². The summed E-state index contributed by atoms with van der Waals surface area (Å²) in [6, 6.07) is 14.4. The quantitative estimate of drug-likeness (QED) is 0.323. The predicted molar refractivity (Wildman–Crippen MR) is 133 cm³/mol. The number of nitrogens with zero attached hydrogens (tertiary/aromatic N) is 1. The standard InChI is InChI=1S/C28H32FNO4/c1-18(2)30-24-9-7-6-8-23(24)27(19-10-12-20(29)13-11-19)25(30)15-14-21(31)16-22(32)17-26(33)34-28(3,4)5/h6-15,18,21,31H,16-17H2,1-5H3/b15-14-/t21-/m0/s1. The summed E-state index contributed by atoms with van der Waals surface area (Å²) in [5, 5.41) is 11.5.